The summed E-state index contributed by atoms with van der Waals surface area (Å²) < 4.78 is 91.8. The summed E-state index contributed by atoms with van der Waals surface area (Å²) in [6.07, 6.45) is -8.14. The minimum atomic E-state index is -4.86. The minimum absolute atomic E-state index is 0.0409. The number of nitrogens with zero attached hydrogens (tertiary/aromatic N) is 2. The Labute approximate surface area is 169 Å². The van der Waals surface area contributed by atoms with Gasteiger partial charge in [-0.3, -0.25) is 4.57 Å². The van der Waals surface area contributed by atoms with E-state index in [1.54, 1.807) is 18.4 Å². The number of alkyl halides is 4. The summed E-state index contributed by atoms with van der Waals surface area (Å²) in [7, 11) is -3.98. The van der Waals surface area contributed by atoms with Gasteiger partial charge in [-0.05, 0) is 30.5 Å². The summed E-state index contributed by atoms with van der Waals surface area (Å²) in [5.41, 5.74) is 0.179. The molecule has 0 fully saturated rings. The SMILES string of the molecule is Cc1cn(-c2ccc3c(c2)OC(F)(F)C(F)(F)O3)c(=NS(=O)(=O)c2cccs2)s1. The van der Waals surface area contributed by atoms with Crippen molar-refractivity contribution in [3.63, 3.8) is 0 Å². The molecule has 29 heavy (non-hydrogen) atoms. The van der Waals surface area contributed by atoms with Gasteiger partial charge in [0.1, 0.15) is 4.21 Å². The number of rotatable bonds is 3. The molecule has 6 nitrogen and oxygen atoms in total. The summed E-state index contributed by atoms with van der Waals surface area (Å²) >= 11 is 2.05. The number of hydrogen-bond acceptors (Lipinski definition) is 6. The molecule has 3 heterocycles. The van der Waals surface area contributed by atoms with Gasteiger partial charge in [-0.1, -0.05) is 6.07 Å². The Morgan fingerprint density at radius 1 is 1.07 bits per heavy atom. The summed E-state index contributed by atoms with van der Waals surface area (Å²) in [6, 6.07) is 6.34. The first kappa shape index (κ1) is 19.9. The zero-order valence-electron chi connectivity index (χ0n) is 14.3. The van der Waals surface area contributed by atoms with E-state index in [0.717, 1.165) is 34.8 Å². The monoisotopic (exact) mass is 466 g/mol. The van der Waals surface area contributed by atoms with Gasteiger partial charge in [-0.15, -0.1) is 27.1 Å². The van der Waals surface area contributed by atoms with Crippen LogP contribution in [0.2, 0.25) is 0 Å². The molecular formula is C16H10F4N2O4S3. The van der Waals surface area contributed by atoms with E-state index in [0.29, 0.717) is 4.88 Å². The van der Waals surface area contributed by atoms with E-state index in [2.05, 4.69) is 13.9 Å². The summed E-state index contributed by atoms with van der Waals surface area (Å²) in [4.78, 5) is 0.724. The van der Waals surface area contributed by atoms with Crippen LogP contribution in [0.4, 0.5) is 17.6 Å². The van der Waals surface area contributed by atoms with E-state index in [-0.39, 0.29) is 14.7 Å². The molecule has 0 aliphatic carbocycles. The van der Waals surface area contributed by atoms with E-state index in [1.165, 1.54) is 22.9 Å². The summed E-state index contributed by atoms with van der Waals surface area (Å²) in [5.74, 6) is -1.18. The lowest BCUT2D eigenvalue weighted by atomic mass is 10.2. The van der Waals surface area contributed by atoms with E-state index in [4.69, 9.17) is 0 Å². The molecule has 0 radical (unpaired) electrons. The first-order valence-corrected chi connectivity index (χ1v) is 10.9. The van der Waals surface area contributed by atoms with Gasteiger partial charge in [0.25, 0.3) is 10.0 Å². The molecule has 1 aliphatic rings. The number of thiophene rings is 1. The van der Waals surface area contributed by atoms with Gasteiger partial charge in [0, 0.05) is 17.1 Å². The number of aryl methyl sites for hydroxylation is 1. The molecule has 3 aromatic rings. The maximum absolute atomic E-state index is 13.5. The van der Waals surface area contributed by atoms with Crippen LogP contribution in [0.25, 0.3) is 5.69 Å². The average molecular weight is 466 g/mol. The van der Waals surface area contributed by atoms with Crippen molar-refractivity contribution >= 4 is 32.7 Å². The van der Waals surface area contributed by atoms with Crippen molar-refractivity contribution < 1.29 is 35.5 Å². The van der Waals surface area contributed by atoms with Crippen molar-refractivity contribution in [2.75, 3.05) is 0 Å². The Kier molecular flexibility index (Phi) is 4.51. The molecule has 0 unspecified atom stereocenters. The Balaban J connectivity index is 1.82. The zero-order valence-corrected chi connectivity index (χ0v) is 16.8. The number of hydrogen-bond donors (Lipinski definition) is 0. The number of benzene rings is 1. The molecule has 154 valence electrons. The smallest absolute Gasteiger partial charge is 0.421 e. The molecule has 0 atom stereocenters. The molecule has 13 heteroatoms. The van der Waals surface area contributed by atoms with E-state index in [9.17, 15) is 26.0 Å². The van der Waals surface area contributed by atoms with E-state index in [1.807, 2.05) is 0 Å². The number of halogens is 4. The molecule has 1 aliphatic heterocycles. The third kappa shape index (κ3) is 3.53. The maximum Gasteiger partial charge on any atom is 0.507 e. The second kappa shape index (κ2) is 6.57. The second-order valence-corrected chi connectivity index (χ2v) is 9.85. The number of fused-ring (bicyclic) bond motifs is 1. The Hall–Kier alpha value is -2.38. The first-order valence-electron chi connectivity index (χ1n) is 7.80. The average Bonchev–Trinajstić information content (AvgIpc) is 3.25. The van der Waals surface area contributed by atoms with Crippen molar-refractivity contribution in [3.8, 4) is 17.2 Å². The number of sulfonamides is 1. The third-order valence-electron chi connectivity index (χ3n) is 3.74. The highest BCUT2D eigenvalue weighted by Gasteiger charge is 2.65. The largest absolute Gasteiger partial charge is 0.507 e. The Bertz CT molecular complexity index is 1250. The van der Waals surface area contributed by atoms with Gasteiger partial charge in [0.2, 0.25) is 4.80 Å². The lowest BCUT2D eigenvalue weighted by Crippen LogP contribution is -2.52. The van der Waals surface area contributed by atoms with Crippen molar-refractivity contribution in [1.82, 2.24) is 4.57 Å². The van der Waals surface area contributed by atoms with Crippen molar-refractivity contribution in [2.24, 2.45) is 4.40 Å². The van der Waals surface area contributed by atoms with Gasteiger partial charge in [-0.25, -0.2) is 0 Å². The molecule has 0 saturated heterocycles. The molecule has 0 amide bonds. The predicted molar refractivity (Wildman–Crippen MR) is 96.6 cm³/mol. The topological polar surface area (TPSA) is 69.9 Å². The second-order valence-electron chi connectivity index (χ2n) is 5.86. The van der Waals surface area contributed by atoms with Gasteiger partial charge in [0.05, 0.1) is 5.69 Å². The lowest BCUT2D eigenvalue weighted by Gasteiger charge is -2.31. The van der Waals surface area contributed by atoms with Crippen molar-refractivity contribution in [1.29, 1.82) is 0 Å². The molecular weight excluding hydrogens is 456 g/mol. The fourth-order valence-corrected chi connectivity index (χ4v) is 5.46. The number of thiazole rings is 1. The van der Waals surface area contributed by atoms with E-state index < -0.39 is 33.7 Å². The first-order chi connectivity index (χ1) is 13.5. The standard InChI is InChI=1S/C16H10F4N2O4S3/c1-9-8-22(14(28-9)21-29(23,24)13-3-2-6-27-13)10-4-5-11-12(7-10)26-16(19,20)15(17,18)25-11/h2-8H,1H3. The van der Waals surface area contributed by atoms with Crippen LogP contribution in [-0.2, 0) is 10.0 Å². The van der Waals surface area contributed by atoms with Crippen LogP contribution in [0.15, 0.2) is 50.5 Å². The van der Waals surface area contributed by atoms with Gasteiger partial charge >= 0.3 is 12.2 Å². The van der Waals surface area contributed by atoms with Crippen molar-refractivity contribution in [3.05, 3.63) is 51.6 Å². The van der Waals surface area contributed by atoms with Crippen LogP contribution in [0, 0.1) is 6.92 Å². The van der Waals surface area contributed by atoms with Crippen LogP contribution < -0.4 is 14.3 Å². The molecule has 1 aromatic carbocycles. The van der Waals surface area contributed by atoms with E-state index >= 15 is 0 Å². The fourth-order valence-electron chi connectivity index (χ4n) is 2.47. The van der Waals surface area contributed by atoms with Gasteiger partial charge < -0.3 is 9.47 Å². The van der Waals surface area contributed by atoms with Crippen LogP contribution in [-0.4, -0.2) is 25.2 Å². The number of ether oxygens (including phenoxy) is 2. The molecule has 0 bridgehead atoms. The highest BCUT2D eigenvalue weighted by molar-refractivity contribution is 7.92. The lowest BCUT2D eigenvalue weighted by molar-refractivity contribution is -0.391. The summed E-state index contributed by atoms with van der Waals surface area (Å²) in [6.45, 7) is 1.70. The molecule has 0 N–H and O–H groups in total. The van der Waals surface area contributed by atoms with Crippen LogP contribution in [0.3, 0.4) is 0 Å². The van der Waals surface area contributed by atoms with Crippen molar-refractivity contribution in [2.45, 2.75) is 23.4 Å². The summed E-state index contributed by atoms with van der Waals surface area (Å²) in [5, 5.41) is 1.59. The highest BCUT2D eigenvalue weighted by Crippen LogP contribution is 2.47. The Morgan fingerprint density at radius 3 is 2.41 bits per heavy atom. The molecule has 0 spiro atoms. The highest BCUT2D eigenvalue weighted by atomic mass is 32.2. The predicted octanol–water partition coefficient (Wildman–Crippen LogP) is 4.16. The Morgan fingerprint density at radius 2 is 1.76 bits per heavy atom. The quantitative estimate of drug-likeness (QED) is 0.544. The minimum Gasteiger partial charge on any atom is -0.421 e. The van der Waals surface area contributed by atoms with Gasteiger partial charge in [-0.2, -0.15) is 26.0 Å². The molecule has 2 aromatic heterocycles. The molecule has 0 saturated carbocycles. The van der Waals surface area contributed by atoms with Crippen LogP contribution in [0.5, 0.6) is 11.5 Å². The number of aromatic nitrogens is 1. The zero-order chi connectivity index (χ0) is 21.0. The normalized spacial score (nSPS) is 18.0. The maximum atomic E-state index is 13.5. The van der Waals surface area contributed by atoms with Crippen LogP contribution >= 0.6 is 22.7 Å². The molecule has 4 rings (SSSR count). The third-order valence-corrected chi connectivity index (χ3v) is 7.39. The van der Waals surface area contributed by atoms with Crippen LogP contribution in [0.1, 0.15) is 4.88 Å². The van der Waals surface area contributed by atoms with Gasteiger partial charge in [0.15, 0.2) is 11.5 Å². The fraction of sp³-hybridized carbons (Fsp3) is 0.188.